The van der Waals surface area contributed by atoms with Crippen molar-refractivity contribution in [2.24, 2.45) is 21.7 Å². The number of aliphatic imine (C=N–C) groups is 1. The number of hydrogen-bond donors (Lipinski definition) is 2. The summed E-state index contributed by atoms with van der Waals surface area (Å²) in [6.45, 7) is 3.73. The third kappa shape index (κ3) is 2.40. The van der Waals surface area contributed by atoms with Crippen molar-refractivity contribution in [3.05, 3.63) is 0 Å². The number of guanidine groups is 1. The molecule has 5 rings (SSSR count). The molecule has 2 N–H and O–H groups in total. The van der Waals surface area contributed by atoms with Gasteiger partial charge in [-0.2, -0.15) is 0 Å². The Bertz CT molecular complexity index is 615. The van der Waals surface area contributed by atoms with Crippen molar-refractivity contribution >= 4 is 11.9 Å². The van der Waals surface area contributed by atoms with Gasteiger partial charge >= 0.3 is 0 Å². The van der Waals surface area contributed by atoms with Gasteiger partial charge in [-0.1, -0.05) is 12.8 Å². The Morgan fingerprint density at radius 1 is 1.31 bits per heavy atom. The number of ether oxygens (including phenoxy) is 1. The monoisotopic (exact) mass is 360 g/mol. The molecule has 5 fully saturated rings. The predicted molar refractivity (Wildman–Crippen MR) is 99.9 cm³/mol. The average Bonchev–Trinajstić information content (AvgIpc) is 3.36. The second-order valence-electron chi connectivity index (χ2n) is 9.33. The Morgan fingerprint density at radius 3 is 2.88 bits per heavy atom. The van der Waals surface area contributed by atoms with Crippen LogP contribution >= 0.6 is 0 Å². The van der Waals surface area contributed by atoms with Crippen molar-refractivity contribution in [2.45, 2.75) is 63.5 Å². The Labute approximate surface area is 156 Å². The fourth-order valence-electron chi connectivity index (χ4n) is 6.77. The molecule has 0 aromatic rings. The lowest BCUT2D eigenvalue weighted by Gasteiger charge is -2.57. The summed E-state index contributed by atoms with van der Waals surface area (Å²) in [5.41, 5.74) is 0.450. The summed E-state index contributed by atoms with van der Waals surface area (Å²) < 4.78 is 6.13. The van der Waals surface area contributed by atoms with Crippen molar-refractivity contribution in [1.29, 1.82) is 0 Å². The lowest BCUT2D eigenvalue weighted by molar-refractivity contribution is -0.125. The molecule has 5 aliphatic rings. The molecule has 4 atom stereocenters. The highest BCUT2D eigenvalue weighted by atomic mass is 16.5. The van der Waals surface area contributed by atoms with Crippen LogP contribution in [0.15, 0.2) is 4.99 Å². The van der Waals surface area contributed by atoms with Crippen LogP contribution in [0.25, 0.3) is 0 Å². The van der Waals surface area contributed by atoms with E-state index in [-0.39, 0.29) is 11.3 Å². The number of rotatable bonds is 1. The van der Waals surface area contributed by atoms with Crippen molar-refractivity contribution in [3.63, 3.8) is 0 Å². The first kappa shape index (κ1) is 16.8. The molecule has 0 bridgehead atoms. The summed E-state index contributed by atoms with van der Waals surface area (Å²) in [6, 6.07) is 0.511. The van der Waals surface area contributed by atoms with Gasteiger partial charge < -0.3 is 20.3 Å². The molecule has 2 aliphatic carbocycles. The number of carbonyl (C=O) groups is 1. The van der Waals surface area contributed by atoms with Gasteiger partial charge in [0.15, 0.2) is 5.96 Å². The molecule has 144 valence electrons. The van der Waals surface area contributed by atoms with E-state index < -0.39 is 0 Å². The van der Waals surface area contributed by atoms with Crippen LogP contribution in [0.4, 0.5) is 0 Å². The van der Waals surface area contributed by atoms with E-state index in [9.17, 15) is 4.79 Å². The highest BCUT2D eigenvalue weighted by Crippen LogP contribution is 2.60. The van der Waals surface area contributed by atoms with Gasteiger partial charge in [-0.15, -0.1) is 0 Å². The van der Waals surface area contributed by atoms with E-state index in [0.29, 0.717) is 29.9 Å². The fourth-order valence-corrected chi connectivity index (χ4v) is 6.77. The molecule has 1 amide bonds. The number of nitrogens with zero attached hydrogens (tertiary/aromatic N) is 2. The Kier molecular flexibility index (Phi) is 3.96. The van der Waals surface area contributed by atoms with Gasteiger partial charge in [0.1, 0.15) is 0 Å². The number of piperidine rings is 1. The number of fused-ring (bicyclic) bond motifs is 2. The van der Waals surface area contributed by atoms with Crippen molar-refractivity contribution in [3.8, 4) is 0 Å². The Hall–Kier alpha value is -1.30. The summed E-state index contributed by atoms with van der Waals surface area (Å²) in [6.07, 6.45) is 9.89. The first-order valence-electron chi connectivity index (χ1n) is 10.5. The molecule has 2 spiro atoms. The second-order valence-corrected chi connectivity index (χ2v) is 9.33. The van der Waals surface area contributed by atoms with Gasteiger partial charge in [0, 0.05) is 62.5 Å². The minimum absolute atomic E-state index is 0.108. The summed E-state index contributed by atoms with van der Waals surface area (Å²) in [5.74, 6) is 1.91. The summed E-state index contributed by atoms with van der Waals surface area (Å²) in [5, 5.41) is 6.93. The Morgan fingerprint density at radius 2 is 2.15 bits per heavy atom. The summed E-state index contributed by atoms with van der Waals surface area (Å²) in [7, 11) is 1.91. The third-order valence-corrected chi connectivity index (χ3v) is 7.94. The van der Waals surface area contributed by atoms with E-state index in [1.807, 2.05) is 7.05 Å². The number of amides is 1. The van der Waals surface area contributed by atoms with Gasteiger partial charge in [-0.05, 0) is 32.1 Å². The third-order valence-electron chi connectivity index (χ3n) is 7.94. The molecule has 6 heteroatoms. The van der Waals surface area contributed by atoms with Crippen LogP contribution in [0.1, 0.15) is 51.4 Å². The maximum atomic E-state index is 11.8. The largest absolute Gasteiger partial charge is 0.377 e. The quantitative estimate of drug-likeness (QED) is 0.550. The molecule has 3 heterocycles. The predicted octanol–water partition coefficient (Wildman–Crippen LogP) is 1.51. The number of hydrogen-bond acceptors (Lipinski definition) is 3. The number of carbonyl (C=O) groups excluding carboxylic acids is 1. The lowest BCUT2D eigenvalue weighted by atomic mass is 9.54. The first-order valence-corrected chi connectivity index (χ1v) is 10.5. The molecule has 4 unspecified atom stereocenters. The standard InChI is InChI=1S/C20H32N4O2/c1-21-18(24-9-4-6-19(13-24)11-15(25)22-12-19)23-16-14-5-10-26-17(14)20(16)7-2-3-8-20/h14,16-17H,2-13H2,1H3,(H,21,23)(H,22,25). The molecule has 26 heavy (non-hydrogen) atoms. The zero-order chi connectivity index (χ0) is 17.8. The molecular weight excluding hydrogens is 328 g/mol. The van der Waals surface area contributed by atoms with Gasteiger partial charge in [-0.3, -0.25) is 9.79 Å². The first-order chi connectivity index (χ1) is 12.7. The molecule has 3 saturated heterocycles. The van der Waals surface area contributed by atoms with E-state index in [1.54, 1.807) is 0 Å². The van der Waals surface area contributed by atoms with Crippen LogP contribution in [-0.2, 0) is 9.53 Å². The van der Waals surface area contributed by atoms with Crippen molar-refractivity contribution in [2.75, 3.05) is 33.3 Å². The zero-order valence-electron chi connectivity index (χ0n) is 15.9. The number of nitrogens with one attached hydrogen (secondary N) is 2. The highest BCUT2D eigenvalue weighted by Gasteiger charge is 2.65. The minimum Gasteiger partial charge on any atom is -0.377 e. The van der Waals surface area contributed by atoms with Gasteiger partial charge in [-0.25, -0.2) is 0 Å². The summed E-state index contributed by atoms with van der Waals surface area (Å²) in [4.78, 5) is 18.9. The maximum Gasteiger partial charge on any atom is 0.220 e. The normalized spacial score (nSPS) is 41.4. The van der Waals surface area contributed by atoms with E-state index in [1.165, 1.54) is 32.1 Å². The fraction of sp³-hybridized carbons (Fsp3) is 0.900. The van der Waals surface area contributed by atoms with Crippen LogP contribution in [0.3, 0.4) is 0 Å². The van der Waals surface area contributed by atoms with E-state index in [0.717, 1.165) is 45.0 Å². The number of likely N-dealkylation sites (tertiary alicyclic amines) is 1. The lowest BCUT2D eigenvalue weighted by Crippen LogP contribution is -2.70. The van der Waals surface area contributed by atoms with Crippen LogP contribution < -0.4 is 10.6 Å². The summed E-state index contributed by atoms with van der Waals surface area (Å²) >= 11 is 0. The smallest absolute Gasteiger partial charge is 0.220 e. The minimum atomic E-state index is 0.108. The molecule has 0 radical (unpaired) electrons. The molecule has 3 aliphatic heterocycles. The van der Waals surface area contributed by atoms with Crippen LogP contribution in [-0.4, -0.2) is 62.2 Å². The molecular formula is C20H32N4O2. The Balaban J connectivity index is 1.32. The topological polar surface area (TPSA) is 66.0 Å². The highest BCUT2D eigenvalue weighted by molar-refractivity contribution is 5.82. The molecule has 0 aromatic heterocycles. The van der Waals surface area contributed by atoms with Crippen molar-refractivity contribution in [1.82, 2.24) is 15.5 Å². The van der Waals surface area contributed by atoms with Crippen LogP contribution in [0.2, 0.25) is 0 Å². The molecule has 0 aromatic carbocycles. The van der Waals surface area contributed by atoms with Gasteiger partial charge in [0.05, 0.1) is 6.10 Å². The van der Waals surface area contributed by atoms with E-state index in [2.05, 4.69) is 20.5 Å². The van der Waals surface area contributed by atoms with Gasteiger partial charge in [0.2, 0.25) is 5.91 Å². The average molecular weight is 361 g/mol. The van der Waals surface area contributed by atoms with Crippen LogP contribution in [0.5, 0.6) is 0 Å². The van der Waals surface area contributed by atoms with Gasteiger partial charge in [0.25, 0.3) is 0 Å². The molecule has 2 saturated carbocycles. The van der Waals surface area contributed by atoms with Crippen molar-refractivity contribution < 1.29 is 9.53 Å². The second kappa shape index (κ2) is 6.11. The zero-order valence-corrected chi connectivity index (χ0v) is 15.9. The van der Waals surface area contributed by atoms with E-state index in [4.69, 9.17) is 4.74 Å². The molecule has 6 nitrogen and oxygen atoms in total. The van der Waals surface area contributed by atoms with Crippen LogP contribution in [0, 0.1) is 16.7 Å². The SMILES string of the molecule is CN=C(NC1C2CCOC2C12CCCC2)N1CCCC2(CNC(=O)C2)C1. The van der Waals surface area contributed by atoms with E-state index >= 15 is 0 Å². The maximum absolute atomic E-state index is 11.8.